The maximum Gasteiger partial charge on any atom is 0.262 e. The van der Waals surface area contributed by atoms with Crippen LogP contribution in [0.2, 0.25) is 0 Å². The van der Waals surface area contributed by atoms with Gasteiger partial charge in [-0.15, -0.1) is 0 Å². The highest BCUT2D eigenvalue weighted by molar-refractivity contribution is 7.92. The van der Waals surface area contributed by atoms with E-state index in [9.17, 15) is 13.2 Å². The number of carbonyl (C=O) groups is 1. The van der Waals surface area contributed by atoms with Gasteiger partial charge >= 0.3 is 0 Å². The molecule has 0 fully saturated rings. The van der Waals surface area contributed by atoms with Crippen LogP contribution in [0, 0.1) is 0 Å². The molecular formula is C23H24N2O6S. The third-order valence-corrected chi connectivity index (χ3v) is 6.05. The lowest BCUT2D eigenvalue weighted by molar-refractivity contribution is 0.0950. The van der Waals surface area contributed by atoms with E-state index in [4.69, 9.17) is 14.2 Å². The summed E-state index contributed by atoms with van der Waals surface area (Å²) in [6.07, 6.45) is 0. The monoisotopic (exact) mass is 456 g/mol. The number of rotatable bonds is 9. The number of sulfonamides is 1. The average molecular weight is 457 g/mol. The van der Waals surface area contributed by atoms with Crippen LogP contribution in [-0.4, -0.2) is 35.7 Å². The quantitative estimate of drug-likeness (QED) is 0.511. The van der Waals surface area contributed by atoms with Crippen molar-refractivity contribution in [3.63, 3.8) is 0 Å². The van der Waals surface area contributed by atoms with Gasteiger partial charge in [-0.05, 0) is 42.5 Å². The van der Waals surface area contributed by atoms with Gasteiger partial charge in [0.25, 0.3) is 15.9 Å². The summed E-state index contributed by atoms with van der Waals surface area (Å²) in [5, 5.41) is 2.78. The smallest absolute Gasteiger partial charge is 0.262 e. The molecule has 9 heteroatoms. The third-order valence-electron chi connectivity index (χ3n) is 4.69. The topological polar surface area (TPSA) is 103 Å². The zero-order valence-corrected chi connectivity index (χ0v) is 18.7. The van der Waals surface area contributed by atoms with E-state index in [1.165, 1.54) is 32.4 Å². The number of ether oxygens (including phenoxy) is 3. The highest BCUT2D eigenvalue weighted by atomic mass is 32.2. The van der Waals surface area contributed by atoms with Gasteiger partial charge in [0.05, 0.1) is 31.9 Å². The molecule has 0 bridgehead atoms. The van der Waals surface area contributed by atoms with E-state index >= 15 is 0 Å². The molecule has 0 aliphatic carbocycles. The van der Waals surface area contributed by atoms with E-state index in [-0.39, 0.29) is 17.0 Å². The first-order valence-corrected chi connectivity index (χ1v) is 11.1. The van der Waals surface area contributed by atoms with E-state index in [0.29, 0.717) is 22.9 Å². The molecule has 2 N–H and O–H groups in total. The van der Waals surface area contributed by atoms with Crippen molar-refractivity contribution in [1.29, 1.82) is 0 Å². The fourth-order valence-electron chi connectivity index (χ4n) is 3.01. The fraction of sp³-hybridized carbons (Fsp3) is 0.174. The van der Waals surface area contributed by atoms with Crippen molar-refractivity contribution in [2.75, 3.05) is 26.1 Å². The molecule has 3 aromatic rings. The molecule has 0 spiro atoms. The van der Waals surface area contributed by atoms with Gasteiger partial charge in [0.15, 0.2) is 0 Å². The summed E-state index contributed by atoms with van der Waals surface area (Å²) < 4.78 is 43.9. The molecule has 168 valence electrons. The Morgan fingerprint density at radius 2 is 1.59 bits per heavy atom. The van der Waals surface area contributed by atoms with E-state index in [2.05, 4.69) is 10.0 Å². The molecule has 3 aromatic carbocycles. The first-order chi connectivity index (χ1) is 15.4. The molecule has 0 aliphatic heterocycles. The number of hydrogen-bond donors (Lipinski definition) is 2. The molecule has 8 nitrogen and oxygen atoms in total. The van der Waals surface area contributed by atoms with Gasteiger partial charge in [0, 0.05) is 23.7 Å². The number of para-hydroxylation sites is 2. The minimum Gasteiger partial charge on any atom is -0.497 e. The molecule has 0 saturated heterocycles. The Kier molecular flexibility index (Phi) is 7.21. The number of nitrogens with one attached hydrogen (secondary N) is 2. The molecule has 0 unspecified atom stereocenters. The van der Waals surface area contributed by atoms with Crippen molar-refractivity contribution >= 4 is 21.6 Å². The Hall–Kier alpha value is -3.72. The molecule has 0 saturated carbocycles. The zero-order chi connectivity index (χ0) is 23.1. The zero-order valence-electron chi connectivity index (χ0n) is 17.9. The van der Waals surface area contributed by atoms with Crippen LogP contribution in [0.4, 0.5) is 5.69 Å². The standard InChI is InChI=1S/C23H24N2O6S/c1-29-18-12-11-17(22(14-18)31-3)15-24-23(26)16-7-6-8-19(13-16)32(27,28)25-20-9-4-5-10-21(20)30-2/h4-14,25H,15H2,1-3H3,(H,24,26). The highest BCUT2D eigenvalue weighted by Crippen LogP contribution is 2.27. The largest absolute Gasteiger partial charge is 0.497 e. The summed E-state index contributed by atoms with van der Waals surface area (Å²) in [6.45, 7) is 0.197. The van der Waals surface area contributed by atoms with Crippen molar-refractivity contribution in [1.82, 2.24) is 5.32 Å². The number of hydrogen-bond acceptors (Lipinski definition) is 6. The molecule has 0 radical (unpaired) electrons. The van der Waals surface area contributed by atoms with Crippen LogP contribution in [0.1, 0.15) is 15.9 Å². The summed E-state index contributed by atoms with van der Waals surface area (Å²) >= 11 is 0. The summed E-state index contributed by atoms with van der Waals surface area (Å²) in [4.78, 5) is 12.6. The van der Waals surface area contributed by atoms with Gasteiger partial charge in [-0.25, -0.2) is 8.42 Å². The van der Waals surface area contributed by atoms with E-state index in [0.717, 1.165) is 5.56 Å². The number of benzene rings is 3. The first kappa shape index (κ1) is 23.0. The lowest BCUT2D eigenvalue weighted by Crippen LogP contribution is -2.23. The Bertz CT molecular complexity index is 1210. The number of methoxy groups -OCH3 is 3. The molecule has 0 aromatic heterocycles. The van der Waals surface area contributed by atoms with Crippen molar-refractivity contribution in [3.05, 3.63) is 77.9 Å². The lowest BCUT2D eigenvalue weighted by atomic mass is 10.1. The number of carbonyl (C=O) groups excluding carboxylic acids is 1. The number of anilines is 1. The second-order valence-corrected chi connectivity index (χ2v) is 8.38. The molecule has 3 rings (SSSR count). The van der Waals surface area contributed by atoms with E-state index in [1.54, 1.807) is 55.6 Å². The van der Waals surface area contributed by atoms with Gasteiger partial charge in [-0.2, -0.15) is 0 Å². The van der Waals surface area contributed by atoms with Crippen LogP contribution < -0.4 is 24.2 Å². The molecular weight excluding hydrogens is 432 g/mol. The maximum atomic E-state index is 12.8. The Morgan fingerprint density at radius 3 is 2.31 bits per heavy atom. The lowest BCUT2D eigenvalue weighted by Gasteiger charge is -2.13. The molecule has 0 aliphatic rings. The summed E-state index contributed by atoms with van der Waals surface area (Å²) in [7, 11) is 0.609. The van der Waals surface area contributed by atoms with Crippen molar-refractivity contribution in [2.45, 2.75) is 11.4 Å². The van der Waals surface area contributed by atoms with Crippen LogP contribution in [0.25, 0.3) is 0 Å². The highest BCUT2D eigenvalue weighted by Gasteiger charge is 2.18. The van der Waals surface area contributed by atoms with Crippen molar-refractivity contribution in [2.24, 2.45) is 0 Å². The van der Waals surface area contributed by atoms with E-state index in [1.807, 2.05) is 0 Å². The predicted molar refractivity (Wildman–Crippen MR) is 121 cm³/mol. The molecule has 32 heavy (non-hydrogen) atoms. The average Bonchev–Trinajstić information content (AvgIpc) is 2.82. The summed E-state index contributed by atoms with van der Waals surface area (Å²) in [5.41, 5.74) is 1.26. The number of amides is 1. The maximum absolute atomic E-state index is 12.8. The molecule has 1 amide bonds. The van der Waals surface area contributed by atoms with E-state index < -0.39 is 15.9 Å². The minimum atomic E-state index is -3.93. The van der Waals surface area contributed by atoms with Crippen LogP contribution in [0.3, 0.4) is 0 Å². The van der Waals surface area contributed by atoms with Crippen molar-refractivity contribution in [3.8, 4) is 17.2 Å². The Labute approximate surface area is 187 Å². The Morgan fingerprint density at radius 1 is 0.844 bits per heavy atom. The normalized spacial score (nSPS) is 10.8. The van der Waals surface area contributed by atoms with Crippen LogP contribution >= 0.6 is 0 Å². The van der Waals surface area contributed by atoms with Gasteiger partial charge in [0.1, 0.15) is 17.2 Å². The molecule has 0 atom stereocenters. The third kappa shape index (κ3) is 5.30. The summed E-state index contributed by atoms with van der Waals surface area (Å²) in [6, 6.07) is 17.7. The van der Waals surface area contributed by atoms with Gasteiger partial charge < -0.3 is 19.5 Å². The minimum absolute atomic E-state index is 0.0434. The van der Waals surface area contributed by atoms with Crippen LogP contribution in [-0.2, 0) is 16.6 Å². The summed E-state index contributed by atoms with van der Waals surface area (Å²) in [5.74, 6) is 1.18. The second-order valence-electron chi connectivity index (χ2n) is 6.69. The Balaban J connectivity index is 1.76. The second kappa shape index (κ2) is 10.1. The van der Waals surface area contributed by atoms with Crippen molar-refractivity contribution < 1.29 is 27.4 Å². The van der Waals surface area contributed by atoms with Gasteiger partial charge in [-0.1, -0.05) is 18.2 Å². The van der Waals surface area contributed by atoms with Crippen LogP contribution in [0.5, 0.6) is 17.2 Å². The fourth-order valence-corrected chi connectivity index (χ4v) is 4.13. The van der Waals surface area contributed by atoms with Crippen LogP contribution in [0.15, 0.2) is 71.6 Å². The first-order valence-electron chi connectivity index (χ1n) is 9.63. The molecule has 0 heterocycles. The SMILES string of the molecule is COc1ccc(CNC(=O)c2cccc(S(=O)(=O)Nc3ccccc3OC)c2)c(OC)c1. The predicted octanol–water partition coefficient (Wildman–Crippen LogP) is 3.44. The van der Waals surface area contributed by atoms with Gasteiger partial charge in [0.2, 0.25) is 0 Å². The van der Waals surface area contributed by atoms with Gasteiger partial charge in [-0.3, -0.25) is 9.52 Å².